The van der Waals surface area contributed by atoms with Crippen LogP contribution in [0.4, 0.5) is 44.6 Å². The summed E-state index contributed by atoms with van der Waals surface area (Å²) in [5, 5.41) is 7.66. The van der Waals surface area contributed by atoms with Gasteiger partial charge in [-0.1, -0.05) is 148 Å². The van der Waals surface area contributed by atoms with E-state index >= 15 is 0 Å². The van der Waals surface area contributed by atoms with Gasteiger partial charge in [0.15, 0.2) is 11.5 Å². The van der Waals surface area contributed by atoms with Crippen LogP contribution in [0.2, 0.25) is 0 Å². The molecule has 0 aromatic heterocycles. The topological polar surface area (TPSA) is 317 Å². The number of amides is 3. The maximum atomic E-state index is 11.6. The van der Waals surface area contributed by atoms with Crippen LogP contribution in [0, 0.1) is 68.2 Å². The van der Waals surface area contributed by atoms with Gasteiger partial charge in [0.05, 0.1) is 35.3 Å². The van der Waals surface area contributed by atoms with Crippen LogP contribution in [0.1, 0.15) is 107 Å². The average molecular weight is 1560 g/mol. The lowest BCUT2D eigenvalue weighted by atomic mass is 10.1. The molecule has 0 radical (unpaired) electrons. The van der Waals surface area contributed by atoms with Crippen molar-refractivity contribution in [1.82, 2.24) is 5.32 Å². The summed E-state index contributed by atoms with van der Waals surface area (Å²) in [5.41, 5.74) is 21.6. The van der Waals surface area contributed by atoms with Crippen LogP contribution in [0.5, 0.6) is 11.5 Å². The van der Waals surface area contributed by atoms with E-state index in [-0.39, 0.29) is 29.2 Å². The van der Waals surface area contributed by atoms with Crippen molar-refractivity contribution in [3.63, 3.8) is 0 Å². The van der Waals surface area contributed by atoms with E-state index in [2.05, 4.69) is 30.1 Å². The lowest BCUT2D eigenvalue weighted by Gasteiger charge is -2.16. The minimum Gasteiger partial charge on any atom is -0.454 e. The number of nitrogens with zero attached hydrogens (tertiary/aromatic N) is 1. The Morgan fingerprint density at radius 1 is 0.519 bits per heavy atom. The first-order valence-corrected chi connectivity index (χ1v) is 41.7. The molecule has 12 rings (SSSR count). The Labute approximate surface area is 640 Å². The number of aryl methyl sites for hydroxylation is 9. The molecule has 9 aromatic rings. The third-order valence-corrected chi connectivity index (χ3v) is 20.9. The molecular weight excluding hydrogens is 1450 g/mol. The van der Waals surface area contributed by atoms with Gasteiger partial charge < -0.3 is 30.6 Å². The predicted octanol–water partition coefficient (Wildman–Crippen LogP) is 16.4. The van der Waals surface area contributed by atoms with E-state index in [1.807, 2.05) is 232 Å². The van der Waals surface area contributed by atoms with Crippen molar-refractivity contribution >= 4 is 97.8 Å². The van der Waals surface area contributed by atoms with Gasteiger partial charge in [0, 0.05) is 59.2 Å². The number of hydrogen-bond donors (Lipinski definition) is 7. The molecule has 1 saturated carbocycles. The summed E-state index contributed by atoms with van der Waals surface area (Å²) in [7, 11) is -10.9. The number of nitrogens with one attached hydrogen (secondary N) is 6. The van der Waals surface area contributed by atoms with Crippen molar-refractivity contribution in [2.45, 2.75) is 115 Å². The second kappa shape index (κ2) is 44.7. The normalized spacial score (nSPS) is 12.6. The molecule has 108 heavy (non-hydrogen) atoms. The highest BCUT2D eigenvalue weighted by atomic mass is 32.2. The van der Waals surface area contributed by atoms with Crippen molar-refractivity contribution < 1.29 is 62.3 Å². The molecule has 0 atom stereocenters. The first kappa shape index (κ1) is 90.0. The van der Waals surface area contributed by atoms with Gasteiger partial charge in [-0.15, -0.1) is 0 Å². The van der Waals surface area contributed by atoms with E-state index in [1.54, 1.807) is 77.2 Å². The zero-order valence-corrected chi connectivity index (χ0v) is 67.7. The van der Waals surface area contributed by atoms with E-state index in [0.29, 0.717) is 42.6 Å². The molecule has 3 aliphatic rings. The molecule has 0 bridgehead atoms. The Hall–Kier alpha value is -10.4. The minimum absolute atomic E-state index is 0.0336. The summed E-state index contributed by atoms with van der Waals surface area (Å²) in [6.07, 6.45) is 3.56. The maximum absolute atomic E-state index is 11.6. The van der Waals surface area contributed by atoms with E-state index in [9.17, 15) is 48.1 Å². The lowest BCUT2D eigenvalue weighted by Crippen LogP contribution is -2.24. The van der Waals surface area contributed by atoms with Crippen LogP contribution in [0.25, 0.3) is 0 Å². The number of anilines is 7. The summed E-state index contributed by atoms with van der Waals surface area (Å²) in [5.74, 6) is 2.51. The fourth-order valence-corrected chi connectivity index (χ4v) is 12.4. The third-order valence-electron chi connectivity index (χ3n) is 15.4. The molecule has 3 amide bonds. The number of hydrogen-bond acceptors (Lipinski definition) is 15. The van der Waals surface area contributed by atoms with Gasteiger partial charge in [-0.3, -0.25) is 33.4 Å². The third kappa shape index (κ3) is 36.3. The van der Waals surface area contributed by atoms with Gasteiger partial charge in [-0.25, -0.2) is 38.5 Å². The molecule has 2 aliphatic heterocycles. The molecule has 0 spiro atoms. The number of nitrogen functional groups attached to an aromatic ring is 1. The van der Waals surface area contributed by atoms with Gasteiger partial charge in [0.25, 0.3) is 5.91 Å². The van der Waals surface area contributed by atoms with E-state index in [4.69, 9.17) is 19.9 Å². The predicted molar refractivity (Wildman–Crippen MR) is 442 cm³/mol. The maximum Gasteiger partial charge on any atom is 0.411 e. The number of ether oxygens (including phenoxy) is 3. The second-order valence-electron chi connectivity index (χ2n) is 25.8. The summed E-state index contributed by atoms with van der Waals surface area (Å²) >= 11 is 0. The van der Waals surface area contributed by atoms with E-state index in [0.717, 1.165) is 93.1 Å². The molecule has 0 unspecified atom stereocenters. The van der Waals surface area contributed by atoms with Crippen LogP contribution in [0.3, 0.4) is 0 Å². The second-order valence-corrected chi connectivity index (χ2v) is 33.8. The quantitative estimate of drug-likeness (QED) is 0.0498. The summed E-state index contributed by atoms with van der Waals surface area (Å²) in [6, 6.07) is 65.9. The Morgan fingerprint density at radius 2 is 0.926 bits per heavy atom. The number of fused-ring (bicyclic) bond motifs is 1. The SMILES string of the molecule is CCOC(=O)Nc1ccc(C)cc1.CCS(=O)(=O)Nc1ccc(C)cc1.CNC(=O)c1cccc(C)c1.Cc1ccc(N)cc1.Cc1ccc(N2CCCS2(=O)=O)cc1.Cc1ccc(NC(=O)C2CC2)cc1.Cc1ccc(NS(=O)(=O)C(C)C)cc1.Cc1ccc(NS(C)(=O)=O)cc1.Cc1ccc2c(c1)OCO2. The number of sulfonamides is 4. The monoisotopic (exact) mass is 1550 g/mol. The average Bonchev–Trinajstić information content (AvgIpc) is 1.65. The van der Waals surface area contributed by atoms with Crippen molar-refractivity contribution in [1.29, 1.82) is 0 Å². The number of carbonyl (C=O) groups excluding carboxylic acids is 3. The van der Waals surface area contributed by atoms with E-state index in [1.165, 1.54) is 21.0 Å². The van der Waals surface area contributed by atoms with Crippen LogP contribution in [-0.2, 0) is 49.6 Å². The number of benzene rings is 9. The lowest BCUT2D eigenvalue weighted by molar-refractivity contribution is -0.117. The Balaban J connectivity index is 0.000000258. The molecule has 26 heteroatoms. The van der Waals surface area contributed by atoms with Crippen molar-refractivity contribution in [3.05, 3.63) is 268 Å². The van der Waals surface area contributed by atoms with E-state index < -0.39 is 51.4 Å². The van der Waals surface area contributed by atoms with Gasteiger partial charge in [0.1, 0.15) is 0 Å². The molecule has 1 aliphatic carbocycles. The summed E-state index contributed by atoms with van der Waals surface area (Å²) in [6.45, 7) is 26.0. The minimum atomic E-state index is -3.21. The zero-order valence-electron chi connectivity index (χ0n) is 64.4. The van der Waals surface area contributed by atoms with Gasteiger partial charge in [0.2, 0.25) is 52.8 Å². The first-order valence-electron chi connectivity index (χ1n) is 35.0. The van der Waals surface area contributed by atoms with Crippen LogP contribution >= 0.6 is 0 Å². The number of nitrogens with two attached hydrogens (primary N) is 1. The molecule has 22 nitrogen and oxygen atoms in total. The molecule has 1 saturated heterocycles. The summed E-state index contributed by atoms with van der Waals surface area (Å²) in [4.78, 5) is 33.4. The van der Waals surface area contributed by atoms with Gasteiger partial charge in [-0.05, 0) is 224 Å². The highest BCUT2D eigenvalue weighted by Crippen LogP contribution is 2.32. The molecule has 9 aromatic carbocycles. The smallest absolute Gasteiger partial charge is 0.411 e. The molecular formula is C82H106N8O14S4. The Morgan fingerprint density at radius 3 is 1.32 bits per heavy atom. The van der Waals surface area contributed by atoms with Gasteiger partial charge >= 0.3 is 6.09 Å². The molecule has 8 N–H and O–H groups in total. The largest absolute Gasteiger partial charge is 0.454 e. The molecule has 582 valence electrons. The zero-order chi connectivity index (χ0) is 80.2. The fraction of sp³-hybridized carbons (Fsp3) is 0.305. The van der Waals surface area contributed by atoms with Crippen LogP contribution in [0.15, 0.2) is 212 Å². The van der Waals surface area contributed by atoms with Crippen LogP contribution < -0.4 is 49.6 Å². The highest BCUT2D eigenvalue weighted by molar-refractivity contribution is 7.93. The van der Waals surface area contributed by atoms with Crippen molar-refractivity contribution in [2.24, 2.45) is 5.92 Å². The molecule has 2 fully saturated rings. The van der Waals surface area contributed by atoms with Crippen molar-refractivity contribution in [2.75, 3.05) is 79.6 Å². The fourth-order valence-electron chi connectivity index (χ4n) is 8.90. The summed E-state index contributed by atoms with van der Waals surface area (Å²) < 4.78 is 114. The van der Waals surface area contributed by atoms with Crippen molar-refractivity contribution in [3.8, 4) is 11.5 Å². The number of rotatable bonds is 14. The Kier molecular flexibility index (Phi) is 37.2. The standard InChI is InChI=1S/C11H13NO.C10H13NO2S.C10H15NO2S.C10H13NO2.C9H13NO2S.C9H11NO.C8H11NO2S.C8H8O2.C7H9N/c1-8-2-6-10(7-3-8)12-11(13)9-4-5-9;1-9-3-5-10(6-4-9)11-7-2-8-14(11,12)13;1-8(2)14(12,13)11-10-6-4-9(3)5-7-10;1-3-13-10(12)11-9-6-4-8(2)5-7-9;1-3-13(11,12)10-9-6-4-8(2)5-7-9;1-7-4-3-5-8(6-7)9(11)10-2;1-7-3-5-8(6-4-7)9-12(2,10)11;1-6-2-3-7-8(4-6)10-5-9-7;1-6-2-4-7(8)5-3-6/h2-3,6-7,9H,4-5H2,1H3,(H,12,13);3-6H,2,7-8H2,1H3;4-8,11H,1-3H3;4-7H,3H2,1-2H3,(H,11,12);4-7,10H,3H2,1-2H3;3-6H,1-2H3,(H,10,11);3-6,9H,1-2H3;2-4H,5H2,1H3;2-5H,8H2,1H3. The first-order chi connectivity index (χ1) is 50.9. The molecule has 2 heterocycles. The number of carbonyl (C=O) groups is 3. The Bertz CT molecular complexity index is 4690. The van der Waals surface area contributed by atoms with Crippen LogP contribution in [-0.4, -0.2) is 102 Å². The highest BCUT2D eigenvalue weighted by Gasteiger charge is 2.30. The van der Waals surface area contributed by atoms with Gasteiger partial charge in [-0.2, -0.15) is 0 Å².